The molecule has 0 aromatic heterocycles. The summed E-state index contributed by atoms with van der Waals surface area (Å²) in [7, 11) is 0. The topological polar surface area (TPSA) is 12.0 Å². The third-order valence-corrected chi connectivity index (χ3v) is 3.22. The second kappa shape index (κ2) is 7.14. The quantitative estimate of drug-likeness (QED) is 0.638. The van der Waals surface area contributed by atoms with Crippen LogP contribution in [0.15, 0.2) is 59.8 Å². The number of rotatable bonds is 6. The molecule has 0 amide bonds. The maximum Gasteiger partial charge on any atom is 0.0386 e. The van der Waals surface area contributed by atoms with Crippen LogP contribution >= 0.6 is 0 Å². The van der Waals surface area contributed by atoms with E-state index >= 15 is 0 Å². The van der Waals surface area contributed by atoms with Crippen LogP contribution in [0.3, 0.4) is 0 Å². The number of nitrogens with one attached hydrogen (secondary N) is 1. The summed E-state index contributed by atoms with van der Waals surface area (Å²) in [5.41, 5.74) is 6.83. The first-order chi connectivity index (χ1) is 9.31. The summed E-state index contributed by atoms with van der Waals surface area (Å²) >= 11 is 0. The Hall–Kier alpha value is -1.76. The van der Waals surface area contributed by atoms with Gasteiger partial charge in [-0.25, -0.2) is 0 Å². The highest BCUT2D eigenvalue weighted by molar-refractivity contribution is 5.58. The van der Waals surface area contributed by atoms with Crippen molar-refractivity contribution in [3.63, 3.8) is 0 Å². The number of hydrogen-bond donors (Lipinski definition) is 1. The lowest BCUT2D eigenvalue weighted by atomic mass is 9.94. The first-order valence-corrected chi connectivity index (χ1v) is 7.19. The first kappa shape index (κ1) is 16.3. The maximum atomic E-state index is 4.19. The van der Waals surface area contributed by atoms with Crippen LogP contribution in [0.25, 0.3) is 0 Å². The van der Waals surface area contributed by atoms with Crippen LogP contribution in [-0.2, 0) is 0 Å². The second-order valence-electron chi connectivity index (χ2n) is 6.00. The second-order valence-corrected chi connectivity index (χ2v) is 6.00. The van der Waals surface area contributed by atoms with Gasteiger partial charge in [0.15, 0.2) is 0 Å². The molecule has 0 aliphatic heterocycles. The third kappa shape index (κ3) is 4.73. The maximum absolute atomic E-state index is 4.19. The highest BCUT2D eigenvalue weighted by Gasteiger charge is 2.10. The van der Waals surface area contributed by atoms with Crippen LogP contribution in [-0.4, -0.2) is 0 Å². The molecule has 1 nitrogen and oxygen atoms in total. The first-order valence-electron chi connectivity index (χ1n) is 7.19. The summed E-state index contributed by atoms with van der Waals surface area (Å²) in [4.78, 5) is 0. The minimum atomic E-state index is 0.636. The van der Waals surface area contributed by atoms with E-state index in [9.17, 15) is 0 Å². The van der Waals surface area contributed by atoms with Crippen molar-refractivity contribution in [2.75, 3.05) is 5.32 Å². The van der Waals surface area contributed by atoms with E-state index in [1.54, 1.807) is 0 Å². The van der Waals surface area contributed by atoms with Crippen LogP contribution in [0.1, 0.15) is 39.7 Å². The van der Waals surface area contributed by atoms with Gasteiger partial charge < -0.3 is 5.32 Å². The van der Waals surface area contributed by atoms with Gasteiger partial charge in [-0.2, -0.15) is 0 Å². The minimum absolute atomic E-state index is 0.636. The van der Waals surface area contributed by atoms with Crippen LogP contribution in [0.5, 0.6) is 0 Å². The van der Waals surface area contributed by atoms with Crippen molar-refractivity contribution in [3.05, 3.63) is 65.4 Å². The largest absolute Gasteiger partial charge is 0.356 e. The summed E-state index contributed by atoms with van der Waals surface area (Å²) in [6.07, 6.45) is 1.07. The summed E-state index contributed by atoms with van der Waals surface area (Å²) in [5.74, 6) is 0.636. The number of hydrogen-bond acceptors (Lipinski definition) is 1. The highest BCUT2D eigenvalue weighted by atomic mass is 14.9. The highest BCUT2D eigenvalue weighted by Crippen LogP contribution is 2.26. The summed E-state index contributed by atoms with van der Waals surface area (Å²) in [6.45, 7) is 19.1. The lowest BCUT2D eigenvalue weighted by Crippen LogP contribution is -2.05. The van der Waals surface area contributed by atoms with Crippen molar-refractivity contribution in [3.8, 4) is 0 Å². The molecule has 0 atom stereocenters. The molecule has 0 unspecified atom stereocenters. The Balaban J connectivity index is 2.95. The molecule has 1 N–H and O–H groups in total. The monoisotopic (exact) mass is 269 g/mol. The molecule has 1 aromatic rings. The molecular weight excluding hydrogens is 242 g/mol. The minimum Gasteiger partial charge on any atom is -0.356 e. The third-order valence-electron chi connectivity index (χ3n) is 3.22. The zero-order chi connectivity index (χ0) is 15.3. The Bertz CT molecular complexity index is 515. The average molecular weight is 269 g/mol. The van der Waals surface area contributed by atoms with E-state index in [0.29, 0.717) is 5.92 Å². The fraction of sp³-hybridized carbons (Fsp3) is 0.368. The van der Waals surface area contributed by atoms with E-state index in [0.717, 1.165) is 23.4 Å². The number of anilines is 1. The molecular formula is C19H27N. The molecule has 0 heterocycles. The molecule has 0 radical (unpaired) electrons. The Morgan fingerprint density at radius 1 is 1.10 bits per heavy atom. The van der Waals surface area contributed by atoms with Gasteiger partial charge in [0.25, 0.3) is 0 Å². The Labute approximate surface area is 124 Å². The summed E-state index contributed by atoms with van der Waals surface area (Å²) in [5, 5.41) is 3.39. The zero-order valence-corrected chi connectivity index (χ0v) is 13.5. The number of allylic oxidation sites excluding steroid dienone is 2. The zero-order valence-electron chi connectivity index (χ0n) is 13.5. The van der Waals surface area contributed by atoms with Gasteiger partial charge in [-0.15, -0.1) is 0 Å². The molecule has 0 saturated carbocycles. The van der Waals surface area contributed by atoms with E-state index in [4.69, 9.17) is 0 Å². The molecule has 20 heavy (non-hydrogen) atoms. The van der Waals surface area contributed by atoms with E-state index in [1.165, 1.54) is 16.7 Å². The Kier molecular flexibility index (Phi) is 5.82. The number of benzene rings is 1. The molecule has 0 saturated heterocycles. The van der Waals surface area contributed by atoms with Gasteiger partial charge in [-0.1, -0.05) is 50.3 Å². The predicted octanol–water partition coefficient (Wildman–Crippen LogP) is 5.86. The molecule has 1 heteroatoms. The van der Waals surface area contributed by atoms with Gasteiger partial charge in [0, 0.05) is 11.4 Å². The summed E-state index contributed by atoms with van der Waals surface area (Å²) < 4.78 is 0. The molecule has 0 bridgehead atoms. The van der Waals surface area contributed by atoms with Crippen molar-refractivity contribution in [2.45, 2.75) is 41.0 Å². The van der Waals surface area contributed by atoms with Crippen LogP contribution in [0.2, 0.25) is 0 Å². The van der Waals surface area contributed by atoms with Gasteiger partial charge in [0.2, 0.25) is 0 Å². The predicted molar refractivity (Wildman–Crippen MR) is 90.9 cm³/mol. The number of aryl methyl sites for hydroxylation is 1. The van der Waals surface area contributed by atoms with Gasteiger partial charge in [0.05, 0.1) is 0 Å². The molecule has 108 valence electrons. The van der Waals surface area contributed by atoms with Gasteiger partial charge in [0.1, 0.15) is 0 Å². The van der Waals surface area contributed by atoms with Crippen molar-refractivity contribution < 1.29 is 0 Å². The van der Waals surface area contributed by atoms with Crippen molar-refractivity contribution in [1.29, 1.82) is 0 Å². The summed E-state index contributed by atoms with van der Waals surface area (Å²) in [6, 6.07) is 8.35. The SMILES string of the molecule is C=C(C)/C(C(=C)Nc1ccc(C)cc1)=C(/C)CC(C)C. The fourth-order valence-electron chi connectivity index (χ4n) is 2.47. The molecule has 0 spiro atoms. The van der Waals surface area contributed by atoms with Crippen LogP contribution in [0, 0.1) is 12.8 Å². The molecule has 0 aliphatic rings. The van der Waals surface area contributed by atoms with Crippen molar-refractivity contribution >= 4 is 5.69 Å². The van der Waals surface area contributed by atoms with E-state index < -0.39 is 0 Å². The van der Waals surface area contributed by atoms with Crippen molar-refractivity contribution in [2.24, 2.45) is 5.92 Å². The Morgan fingerprint density at radius 2 is 1.65 bits per heavy atom. The average Bonchev–Trinajstić information content (AvgIpc) is 2.30. The standard InChI is InChI=1S/C19H27N/c1-13(2)12-16(6)19(14(3)4)17(7)20-18-10-8-15(5)9-11-18/h8-11,13,20H,3,7,12H2,1-2,4-6H3/b19-16+. The van der Waals surface area contributed by atoms with Gasteiger partial charge >= 0.3 is 0 Å². The molecule has 0 fully saturated rings. The molecule has 1 rings (SSSR count). The van der Waals surface area contributed by atoms with Crippen LogP contribution < -0.4 is 5.32 Å². The van der Waals surface area contributed by atoms with E-state index in [2.05, 4.69) is 70.4 Å². The lowest BCUT2D eigenvalue weighted by Gasteiger charge is -2.18. The van der Waals surface area contributed by atoms with Crippen molar-refractivity contribution in [1.82, 2.24) is 0 Å². The van der Waals surface area contributed by atoms with E-state index in [1.807, 2.05) is 6.92 Å². The van der Waals surface area contributed by atoms with Crippen LogP contribution in [0.4, 0.5) is 5.69 Å². The smallest absolute Gasteiger partial charge is 0.0386 e. The lowest BCUT2D eigenvalue weighted by molar-refractivity contribution is 0.639. The molecule has 1 aromatic carbocycles. The fourth-order valence-corrected chi connectivity index (χ4v) is 2.47. The van der Waals surface area contributed by atoms with Gasteiger partial charge in [-0.05, 0) is 56.4 Å². The van der Waals surface area contributed by atoms with Gasteiger partial charge in [-0.3, -0.25) is 0 Å². The van der Waals surface area contributed by atoms with E-state index in [-0.39, 0.29) is 0 Å². The Morgan fingerprint density at radius 3 is 2.10 bits per heavy atom. The normalized spacial score (nSPS) is 12.1. The molecule has 0 aliphatic carbocycles.